The van der Waals surface area contributed by atoms with E-state index in [9.17, 15) is 22.7 Å². The largest absolute Gasteiger partial charge is 0.457 e. The molecule has 1 aromatic heterocycles. The number of nitrogens with zero attached hydrogens (tertiary/aromatic N) is 1. The molecule has 0 saturated heterocycles. The van der Waals surface area contributed by atoms with Crippen LogP contribution >= 0.6 is 0 Å². The molecule has 0 unspecified atom stereocenters. The fourth-order valence-corrected chi connectivity index (χ4v) is 4.59. The third-order valence-corrected chi connectivity index (χ3v) is 6.48. The van der Waals surface area contributed by atoms with Gasteiger partial charge in [-0.3, -0.25) is 9.10 Å². The number of ether oxygens (including phenoxy) is 1. The third-order valence-electron chi connectivity index (χ3n) is 5.28. The van der Waals surface area contributed by atoms with E-state index in [0.717, 1.165) is 10.6 Å². The molecule has 1 amide bonds. The predicted molar refractivity (Wildman–Crippen MR) is 131 cm³/mol. The van der Waals surface area contributed by atoms with Gasteiger partial charge in [-0.1, -0.05) is 0 Å². The Morgan fingerprint density at radius 1 is 1.06 bits per heavy atom. The highest BCUT2D eigenvalue weighted by molar-refractivity contribution is 7.92. The van der Waals surface area contributed by atoms with Crippen LogP contribution in [0.5, 0.6) is 11.5 Å². The number of hydrogen-bond donors (Lipinski definition) is 2. The van der Waals surface area contributed by atoms with Crippen molar-refractivity contribution >= 4 is 32.6 Å². The number of rotatable bonds is 8. The van der Waals surface area contributed by atoms with Crippen LogP contribution in [0.2, 0.25) is 0 Å². The molecule has 0 aliphatic rings. The Labute approximate surface area is 201 Å². The molecule has 4 rings (SSSR count). The highest BCUT2D eigenvalue weighted by Crippen LogP contribution is 2.37. The van der Waals surface area contributed by atoms with Gasteiger partial charge in [0.2, 0.25) is 10.0 Å². The molecule has 0 atom stereocenters. The molecule has 3 aromatic carbocycles. The van der Waals surface area contributed by atoms with Crippen LogP contribution in [-0.2, 0) is 10.0 Å². The van der Waals surface area contributed by atoms with E-state index in [1.165, 1.54) is 37.4 Å². The summed E-state index contributed by atoms with van der Waals surface area (Å²) in [5.74, 6) is 0.553. The van der Waals surface area contributed by atoms with Crippen LogP contribution in [0.1, 0.15) is 10.4 Å². The molecule has 0 saturated carbocycles. The first kappa shape index (κ1) is 24.2. The number of amides is 1. The number of halogens is 1. The summed E-state index contributed by atoms with van der Waals surface area (Å²) in [6.45, 7) is -0.472. The lowest BCUT2D eigenvalue weighted by Gasteiger charge is -2.21. The van der Waals surface area contributed by atoms with Gasteiger partial charge in [-0.25, -0.2) is 12.8 Å². The minimum absolute atomic E-state index is 0.115. The zero-order chi connectivity index (χ0) is 25.2. The zero-order valence-electron chi connectivity index (χ0n) is 19.0. The Hall–Kier alpha value is -3.89. The van der Waals surface area contributed by atoms with E-state index < -0.39 is 10.0 Å². The number of aliphatic hydroxyl groups is 1. The lowest BCUT2D eigenvalue weighted by Crippen LogP contribution is -2.32. The van der Waals surface area contributed by atoms with Gasteiger partial charge < -0.3 is 19.6 Å². The molecule has 8 nitrogen and oxygen atoms in total. The van der Waals surface area contributed by atoms with Gasteiger partial charge in [-0.15, -0.1) is 0 Å². The van der Waals surface area contributed by atoms with Gasteiger partial charge in [-0.05, 0) is 60.7 Å². The number of carbonyl (C=O) groups excluding carboxylic acids is 1. The quantitative estimate of drug-likeness (QED) is 0.378. The fraction of sp³-hybridized carbons (Fsp3) is 0.160. The van der Waals surface area contributed by atoms with Crippen molar-refractivity contribution < 1.29 is 31.9 Å². The Balaban J connectivity index is 1.74. The number of sulfonamides is 1. The molecule has 182 valence electrons. The normalized spacial score (nSPS) is 11.4. The minimum atomic E-state index is -3.64. The van der Waals surface area contributed by atoms with Crippen molar-refractivity contribution in [2.45, 2.75) is 0 Å². The van der Waals surface area contributed by atoms with Crippen molar-refractivity contribution in [3.63, 3.8) is 0 Å². The molecule has 0 aliphatic carbocycles. The predicted octanol–water partition coefficient (Wildman–Crippen LogP) is 4.15. The van der Waals surface area contributed by atoms with Crippen molar-refractivity contribution in [2.24, 2.45) is 0 Å². The molecule has 0 spiro atoms. The van der Waals surface area contributed by atoms with Crippen molar-refractivity contribution in [3.8, 4) is 22.8 Å². The van der Waals surface area contributed by atoms with E-state index in [-0.39, 0.29) is 24.9 Å². The van der Waals surface area contributed by atoms with Crippen LogP contribution in [0, 0.1) is 5.82 Å². The molecule has 0 radical (unpaired) electrons. The van der Waals surface area contributed by atoms with Gasteiger partial charge in [0.05, 0.1) is 30.7 Å². The zero-order valence-corrected chi connectivity index (χ0v) is 19.8. The monoisotopic (exact) mass is 498 g/mol. The SMILES string of the molecule is CNC(=O)c1c(-c2ccc(Oc3ccc(F)cc3)cc2)oc2cc(N(CCO)S(C)(=O)=O)ccc12. The van der Waals surface area contributed by atoms with E-state index in [0.29, 0.717) is 45.0 Å². The number of fused-ring (bicyclic) bond motifs is 1. The van der Waals surface area contributed by atoms with Gasteiger partial charge in [0.15, 0.2) is 0 Å². The average Bonchev–Trinajstić information content (AvgIpc) is 3.22. The third kappa shape index (κ3) is 5.13. The van der Waals surface area contributed by atoms with Crippen LogP contribution in [0.4, 0.5) is 10.1 Å². The lowest BCUT2D eigenvalue weighted by molar-refractivity contribution is 0.0964. The topological polar surface area (TPSA) is 109 Å². The van der Waals surface area contributed by atoms with E-state index in [2.05, 4.69) is 5.32 Å². The fourth-order valence-electron chi connectivity index (χ4n) is 3.68. The van der Waals surface area contributed by atoms with E-state index >= 15 is 0 Å². The highest BCUT2D eigenvalue weighted by Gasteiger charge is 2.24. The lowest BCUT2D eigenvalue weighted by atomic mass is 10.0. The van der Waals surface area contributed by atoms with Crippen LogP contribution in [0.3, 0.4) is 0 Å². The Morgan fingerprint density at radius 2 is 1.69 bits per heavy atom. The van der Waals surface area contributed by atoms with Crippen LogP contribution in [0.25, 0.3) is 22.3 Å². The molecule has 4 aromatic rings. The standard InChI is InChI=1S/C25H23FN2O6S/c1-27-25(30)23-21-12-7-18(28(13-14-29)35(2,31)32)15-22(21)34-24(23)16-3-8-19(9-4-16)33-20-10-5-17(26)6-11-20/h3-12,15,29H,13-14H2,1-2H3,(H,27,30). The number of hydrogen-bond acceptors (Lipinski definition) is 6. The summed E-state index contributed by atoms with van der Waals surface area (Å²) in [5, 5.41) is 12.4. The summed E-state index contributed by atoms with van der Waals surface area (Å²) >= 11 is 0. The number of nitrogens with one attached hydrogen (secondary N) is 1. The summed E-state index contributed by atoms with van der Waals surface area (Å²) in [6.07, 6.45) is 1.05. The first-order valence-electron chi connectivity index (χ1n) is 10.6. The van der Waals surface area contributed by atoms with Gasteiger partial charge in [0, 0.05) is 24.1 Å². The molecular formula is C25H23FN2O6S. The molecule has 0 aliphatic heterocycles. The first-order chi connectivity index (χ1) is 16.7. The van der Waals surface area contributed by atoms with Crippen molar-refractivity contribution in [1.29, 1.82) is 0 Å². The van der Waals surface area contributed by atoms with E-state index in [4.69, 9.17) is 9.15 Å². The second-order valence-electron chi connectivity index (χ2n) is 7.70. The second-order valence-corrected chi connectivity index (χ2v) is 9.61. The van der Waals surface area contributed by atoms with E-state index in [1.807, 2.05) is 0 Å². The molecular weight excluding hydrogens is 475 g/mol. The summed E-state index contributed by atoms with van der Waals surface area (Å²) in [6, 6.07) is 17.1. The number of anilines is 1. The summed E-state index contributed by atoms with van der Waals surface area (Å²) in [7, 11) is -2.14. The molecule has 35 heavy (non-hydrogen) atoms. The Bertz CT molecular complexity index is 1460. The summed E-state index contributed by atoms with van der Waals surface area (Å²) in [4.78, 5) is 12.7. The number of aliphatic hydroxyl groups excluding tert-OH is 1. The van der Waals surface area contributed by atoms with Crippen molar-refractivity contribution in [1.82, 2.24) is 5.32 Å². The number of carbonyl (C=O) groups is 1. The van der Waals surface area contributed by atoms with Crippen LogP contribution in [0.15, 0.2) is 71.1 Å². The summed E-state index contributed by atoms with van der Waals surface area (Å²) in [5.41, 5.74) is 1.52. The van der Waals surface area contributed by atoms with Gasteiger partial charge >= 0.3 is 0 Å². The van der Waals surface area contributed by atoms with Crippen molar-refractivity contribution in [2.75, 3.05) is 30.8 Å². The van der Waals surface area contributed by atoms with Gasteiger partial charge in [-0.2, -0.15) is 0 Å². The molecule has 0 fully saturated rings. The Morgan fingerprint density at radius 3 is 2.26 bits per heavy atom. The Kier molecular flexibility index (Phi) is 6.77. The summed E-state index contributed by atoms with van der Waals surface area (Å²) < 4.78 is 50.3. The van der Waals surface area contributed by atoms with Crippen molar-refractivity contribution in [3.05, 3.63) is 78.1 Å². The molecule has 1 heterocycles. The maximum atomic E-state index is 13.1. The average molecular weight is 499 g/mol. The van der Waals surface area contributed by atoms with Crippen LogP contribution < -0.4 is 14.4 Å². The van der Waals surface area contributed by atoms with E-state index in [1.54, 1.807) is 36.4 Å². The van der Waals surface area contributed by atoms with Gasteiger partial charge in [0.1, 0.15) is 28.7 Å². The highest BCUT2D eigenvalue weighted by atomic mass is 32.2. The molecule has 10 heteroatoms. The second kappa shape index (κ2) is 9.77. The minimum Gasteiger partial charge on any atom is -0.457 e. The maximum Gasteiger partial charge on any atom is 0.255 e. The van der Waals surface area contributed by atoms with Gasteiger partial charge in [0.25, 0.3) is 5.91 Å². The first-order valence-corrected chi connectivity index (χ1v) is 12.5. The molecule has 2 N–H and O–H groups in total. The van der Waals surface area contributed by atoms with Crippen LogP contribution in [-0.4, -0.2) is 45.9 Å². The maximum absolute atomic E-state index is 13.1. The number of benzene rings is 3. The number of furan rings is 1. The smallest absolute Gasteiger partial charge is 0.255 e. The molecule has 0 bridgehead atoms.